The highest BCUT2D eigenvalue weighted by Gasteiger charge is 2.36. The Bertz CT molecular complexity index is 718. The number of ether oxygens (including phenoxy) is 1. The SMILES string of the molecule is CC(C)(OC(=O)c1c(O)ccc2ccccc12)C1CC[NH2+]CC1. The van der Waals surface area contributed by atoms with Crippen molar-refractivity contribution in [3.05, 3.63) is 42.0 Å². The molecule has 3 rings (SSSR count). The summed E-state index contributed by atoms with van der Waals surface area (Å²) < 4.78 is 5.84. The molecule has 0 radical (unpaired) electrons. The van der Waals surface area contributed by atoms with Crippen molar-refractivity contribution < 1.29 is 20.0 Å². The number of benzene rings is 2. The Hall–Kier alpha value is -2.07. The van der Waals surface area contributed by atoms with Crippen LogP contribution in [0.3, 0.4) is 0 Å². The van der Waals surface area contributed by atoms with E-state index in [0.717, 1.165) is 36.7 Å². The number of phenolic OH excluding ortho intramolecular Hbond substituents is 1. The number of carbonyl (C=O) groups excluding carboxylic acids is 1. The van der Waals surface area contributed by atoms with Gasteiger partial charge in [-0.05, 0) is 30.7 Å². The first-order chi connectivity index (χ1) is 11.0. The number of aromatic hydroxyl groups is 1. The molecule has 0 spiro atoms. The molecule has 3 N–H and O–H groups in total. The summed E-state index contributed by atoms with van der Waals surface area (Å²) in [6.45, 7) is 6.10. The van der Waals surface area contributed by atoms with Gasteiger partial charge in [0.2, 0.25) is 0 Å². The van der Waals surface area contributed by atoms with E-state index in [-0.39, 0.29) is 11.3 Å². The third-order valence-corrected chi connectivity index (χ3v) is 4.89. The van der Waals surface area contributed by atoms with Crippen LogP contribution in [0, 0.1) is 5.92 Å². The van der Waals surface area contributed by atoms with Gasteiger partial charge in [-0.1, -0.05) is 30.3 Å². The van der Waals surface area contributed by atoms with Gasteiger partial charge < -0.3 is 15.2 Å². The van der Waals surface area contributed by atoms with Crippen molar-refractivity contribution in [2.24, 2.45) is 5.92 Å². The van der Waals surface area contributed by atoms with E-state index < -0.39 is 11.6 Å². The molecule has 4 heteroatoms. The van der Waals surface area contributed by atoms with Crippen LogP contribution >= 0.6 is 0 Å². The highest BCUT2D eigenvalue weighted by molar-refractivity contribution is 6.07. The largest absolute Gasteiger partial charge is 0.507 e. The topological polar surface area (TPSA) is 63.1 Å². The van der Waals surface area contributed by atoms with Crippen LogP contribution < -0.4 is 5.32 Å². The van der Waals surface area contributed by atoms with Gasteiger partial charge in [0.1, 0.15) is 16.9 Å². The Morgan fingerprint density at radius 3 is 2.61 bits per heavy atom. The number of phenols is 1. The minimum Gasteiger partial charge on any atom is -0.507 e. The molecule has 1 aliphatic heterocycles. The Morgan fingerprint density at radius 1 is 1.17 bits per heavy atom. The predicted octanol–water partition coefficient (Wildman–Crippen LogP) is 2.45. The second-order valence-electron chi connectivity index (χ2n) is 6.81. The van der Waals surface area contributed by atoms with Crippen molar-refractivity contribution in [3.63, 3.8) is 0 Å². The summed E-state index contributed by atoms with van der Waals surface area (Å²) >= 11 is 0. The fourth-order valence-corrected chi connectivity index (χ4v) is 3.47. The van der Waals surface area contributed by atoms with Gasteiger partial charge in [-0.3, -0.25) is 0 Å². The molecule has 0 aliphatic carbocycles. The number of rotatable bonds is 3. The van der Waals surface area contributed by atoms with E-state index in [1.54, 1.807) is 6.07 Å². The van der Waals surface area contributed by atoms with Crippen molar-refractivity contribution in [3.8, 4) is 5.75 Å². The fourth-order valence-electron chi connectivity index (χ4n) is 3.47. The number of hydrogen-bond donors (Lipinski definition) is 2. The van der Waals surface area contributed by atoms with Gasteiger partial charge in [0.15, 0.2) is 0 Å². The maximum atomic E-state index is 12.7. The molecule has 122 valence electrons. The molecule has 0 unspecified atom stereocenters. The van der Waals surface area contributed by atoms with Crippen LogP contribution in [0.4, 0.5) is 0 Å². The minimum absolute atomic E-state index is 0.0264. The first-order valence-electron chi connectivity index (χ1n) is 8.25. The molecule has 1 aliphatic rings. The fraction of sp³-hybridized carbons (Fsp3) is 0.421. The van der Waals surface area contributed by atoms with Gasteiger partial charge in [0.05, 0.1) is 13.1 Å². The number of esters is 1. The lowest BCUT2D eigenvalue weighted by Crippen LogP contribution is -2.86. The zero-order valence-corrected chi connectivity index (χ0v) is 13.7. The van der Waals surface area contributed by atoms with E-state index in [4.69, 9.17) is 4.74 Å². The molecule has 1 heterocycles. The number of carbonyl (C=O) groups is 1. The molecule has 23 heavy (non-hydrogen) atoms. The average molecular weight is 314 g/mol. The molecule has 0 amide bonds. The minimum atomic E-state index is -0.533. The van der Waals surface area contributed by atoms with E-state index in [1.165, 1.54) is 0 Å². The Balaban J connectivity index is 1.90. The van der Waals surface area contributed by atoms with Crippen LogP contribution in [0.1, 0.15) is 37.0 Å². The number of piperidine rings is 1. The molecule has 0 bridgehead atoms. The monoisotopic (exact) mass is 314 g/mol. The van der Waals surface area contributed by atoms with Crippen LogP contribution in [-0.2, 0) is 4.74 Å². The second kappa shape index (κ2) is 6.20. The molecule has 0 atom stereocenters. The summed E-state index contributed by atoms with van der Waals surface area (Å²) in [4.78, 5) is 12.7. The maximum absolute atomic E-state index is 12.7. The molecular weight excluding hydrogens is 290 g/mol. The van der Waals surface area contributed by atoms with Gasteiger partial charge in [-0.2, -0.15) is 0 Å². The van der Waals surface area contributed by atoms with E-state index in [2.05, 4.69) is 5.32 Å². The van der Waals surface area contributed by atoms with E-state index in [9.17, 15) is 9.90 Å². The highest BCUT2D eigenvalue weighted by atomic mass is 16.6. The van der Waals surface area contributed by atoms with Crippen molar-refractivity contribution in [1.29, 1.82) is 0 Å². The number of quaternary nitrogens is 1. The third kappa shape index (κ3) is 3.17. The lowest BCUT2D eigenvalue weighted by Gasteiger charge is -2.35. The summed E-state index contributed by atoms with van der Waals surface area (Å²) in [6, 6.07) is 10.9. The van der Waals surface area contributed by atoms with Gasteiger partial charge in [-0.15, -0.1) is 0 Å². The van der Waals surface area contributed by atoms with Crippen LogP contribution in [0.15, 0.2) is 36.4 Å². The molecule has 1 fully saturated rings. The maximum Gasteiger partial charge on any atom is 0.343 e. The summed E-state index contributed by atoms with van der Waals surface area (Å²) in [6.07, 6.45) is 2.09. The van der Waals surface area contributed by atoms with Crippen LogP contribution in [0.2, 0.25) is 0 Å². The molecule has 1 saturated heterocycles. The summed E-state index contributed by atoms with van der Waals surface area (Å²) in [5.74, 6) is -0.117. The lowest BCUT2D eigenvalue weighted by atomic mass is 9.83. The molecule has 2 aromatic carbocycles. The van der Waals surface area contributed by atoms with Crippen LogP contribution in [0.25, 0.3) is 10.8 Å². The second-order valence-corrected chi connectivity index (χ2v) is 6.81. The van der Waals surface area contributed by atoms with Crippen molar-refractivity contribution >= 4 is 16.7 Å². The smallest absolute Gasteiger partial charge is 0.343 e. The summed E-state index contributed by atoms with van der Waals surface area (Å²) in [5, 5.41) is 14.1. The highest BCUT2D eigenvalue weighted by Crippen LogP contribution is 2.32. The zero-order valence-electron chi connectivity index (χ0n) is 13.7. The summed E-state index contributed by atoms with van der Waals surface area (Å²) in [5.41, 5.74) is -0.270. The molecule has 0 saturated carbocycles. The van der Waals surface area contributed by atoms with Gasteiger partial charge >= 0.3 is 5.97 Å². The lowest BCUT2D eigenvalue weighted by molar-refractivity contribution is -0.665. The van der Waals surface area contributed by atoms with Crippen LogP contribution in [0.5, 0.6) is 5.75 Å². The summed E-state index contributed by atoms with van der Waals surface area (Å²) in [7, 11) is 0. The van der Waals surface area contributed by atoms with E-state index in [1.807, 2.05) is 44.2 Å². The Morgan fingerprint density at radius 2 is 1.87 bits per heavy atom. The standard InChI is InChI=1S/C19H23NO3/c1-19(2,14-9-11-20-12-10-14)23-18(22)17-15-6-4-3-5-13(15)7-8-16(17)21/h3-8,14,20-21H,9-12H2,1-2H3/p+1. The van der Waals surface area contributed by atoms with Crippen molar-refractivity contribution in [1.82, 2.24) is 0 Å². The zero-order chi connectivity index (χ0) is 16.4. The first-order valence-corrected chi connectivity index (χ1v) is 8.25. The van der Waals surface area contributed by atoms with Gasteiger partial charge in [0, 0.05) is 18.8 Å². The quantitative estimate of drug-likeness (QED) is 0.856. The van der Waals surface area contributed by atoms with Crippen LogP contribution in [-0.4, -0.2) is 29.8 Å². The van der Waals surface area contributed by atoms with Crippen molar-refractivity contribution in [2.45, 2.75) is 32.3 Å². The Kier molecular flexibility index (Phi) is 4.26. The van der Waals surface area contributed by atoms with Gasteiger partial charge in [0.25, 0.3) is 0 Å². The number of hydrogen-bond acceptors (Lipinski definition) is 3. The molecular formula is C19H24NO3+. The Labute approximate surface area is 136 Å². The number of nitrogens with two attached hydrogens (primary N) is 1. The molecule has 2 aromatic rings. The van der Waals surface area contributed by atoms with Gasteiger partial charge in [-0.25, -0.2) is 4.79 Å². The average Bonchev–Trinajstić information content (AvgIpc) is 2.55. The van der Waals surface area contributed by atoms with Crippen molar-refractivity contribution in [2.75, 3.05) is 13.1 Å². The third-order valence-electron chi connectivity index (χ3n) is 4.89. The molecule has 4 nitrogen and oxygen atoms in total. The first kappa shape index (κ1) is 15.8. The van der Waals surface area contributed by atoms with E-state index >= 15 is 0 Å². The van der Waals surface area contributed by atoms with E-state index in [0.29, 0.717) is 5.92 Å². The predicted molar refractivity (Wildman–Crippen MR) is 89.5 cm³/mol. The number of fused-ring (bicyclic) bond motifs is 1. The normalized spacial score (nSPS) is 16.4. The molecule has 0 aromatic heterocycles.